The summed E-state index contributed by atoms with van der Waals surface area (Å²) in [5.74, 6) is 0. The van der Waals surface area contributed by atoms with Crippen LogP contribution in [0.5, 0.6) is 0 Å². The highest BCUT2D eigenvalue weighted by Gasteiger charge is 2.13. The lowest BCUT2D eigenvalue weighted by Crippen LogP contribution is -1.85. The van der Waals surface area contributed by atoms with E-state index in [1.165, 1.54) is 0 Å². The van der Waals surface area contributed by atoms with E-state index < -0.39 is 0 Å². The van der Waals surface area contributed by atoms with Crippen LogP contribution >= 0.6 is 11.3 Å². The fourth-order valence-corrected chi connectivity index (χ4v) is 2.87. The van der Waals surface area contributed by atoms with Gasteiger partial charge < -0.3 is 4.57 Å². The van der Waals surface area contributed by atoms with Gasteiger partial charge in [-0.1, -0.05) is 0 Å². The highest BCUT2D eigenvalue weighted by atomic mass is 32.1. The number of hydrogen-bond donors (Lipinski definition) is 1. The smallest absolute Gasteiger partial charge is 0.191 e. The van der Waals surface area contributed by atoms with Gasteiger partial charge in [0, 0.05) is 13.2 Å². The van der Waals surface area contributed by atoms with Crippen molar-refractivity contribution in [3.05, 3.63) is 36.2 Å². The van der Waals surface area contributed by atoms with Gasteiger partial charge in [-0.05, 0) is 24.3 Å². The van der Waals surface area contributed by atoms with Crippen molar-refractivity contribution < 1.29 is 0 Å². The van der Waals surface area contributed by atoms with Crippen molar-refractivity contribution in [2.45, 2.75) is 0 Å². The average molecular weight is 255 g/mol. The van der Waals surface area contributed by atoms with Crippen LogP contribution in [0.4, 0.5) is 0 Å². The summed E-state index contributed by atoms with van der Waals surface area (Å²) < 4.78 is 2.06. The summed E-state index contributed by atoms with van der Waals surface area (Å²) in [7, 11) is 2.01. The monoisotopic (exact) mass is 255 g/mol. The predicted octanol–water partition coefficient (Wildman–Crippen LogP) is 2.41. The van der Waals surface area contributed by atoms with Crippen molar-refractivity contribution in [1.29, 1.82) is 5.26 Å². The summed E-state index contributed by atoms with van der Waals surface area (Å²) in [6.45, 7) is 0. The van der Waals surface area contributed by atoms with Crippen LogP contribution in [0.1, 0.15) is 5.69 Å². The summed E-state index contributed by atoms with van der Waals surface area (Å²) in [6, 6.07) is 10.1. The van der Waals surface area contributed by atoms with Crippen LogP contribution in [0.3, 0.4) is 0 Å². The minimum Gasteiger partial charge on any atom is -0.350 e. The van der Waals surface area contributed by atoms with E-state index in [0.29, 0.717) is 11.4 Å². The van der Waals surface area contributed by atoms with Crippen LogP contribution in [0, 0.1) is 11.3 Å². The van der Waals surface area contributed by atoms with Crippen molar-refractivity contribution in [2.24, 2.45) is 7.05 Å². The second-order valence-corrected chi connectivity index (χ2v) is 4.88. The van der Waals surface area contributed by atoms with Crippen molar-refractivity contribution in [1.82, 2.24) is 20.0 Å². The molecule has 3 rings (SSSR count). The zero-order valence-corrected chi connectivity index (χ0v) is 10.4. The van der Waals surface area contributed by atoms with E-state index in [1.54, 1.807) is 11.3 Å². The molecule has 18 heavy (non-hydrogen) atoms. The van der Waals surface area contributed by atoms with E-state index in [-0.39, 0.29) is 0 Å². The van der Waals surface area contributed by atoms with E-state index in [4.69, 9.17) is 5.26 Å². The number of aromatic nitrogens is 4. The Labute approximate surface area is 107 Å². The first-order valence-corrected chi connectivity index (χ1v) is 6.14. The van der Waals surface area contributed by atoms with E-state index in [9.17, 15) is 0 Å². The Kier molecular flexibility index (Phi) is 2.46. The minimum absolute atomic E-state index is 0.329. The molecule has 0 saturated heterocycles. The molecule has 88 valence electrons. The van der Waals surface area contributed by atoms with E-state index in [2.05, 4.69) is 26.0 Å². The van der Waals surface area contributed by atoms with Gasteiger partial charge in [0.2, 0.25) is 0 Å². The maximum absolute atomic E-state index is 8.93. The molecule has 0 radical (unpaired) electrons. The standard InChI is InChI=1S/C12H9N5S/c1-17-6-2-3-9(17)10-4-5-11(18-10)12-8(7-13)14-16-15-12/h2-6H,1H3,(H,14,15,16). The fraction of sp³-hybridized carbons (Fsp3) is 0.0833. The first-order chi connectivity index (χ1) is 8.79. The van der Waals surface area contributed by atoms with E-state index >= 15 is 0 Å². The molecule has 0 spiro atoms. The van der Waals surface area contributed by atoms with Crippen LogP contribution in [0.2, 0.25) is 0 Å². The Morgan fingerprint density at radius 1 is 1.28 bits per heavy atom. The number of nitrogens with one attached hydrogen (secondary N) is 1. The minimum atomic E-state index is 0.329. The molecule has 0 saturated carbocycles. The fourth-order valence-electron chi connectivity index (χ4n) is 1.80. The van der Waals surface area contributed by atoms with Crippen LogP contribution in [-0.4, -0.2) is 20.0 Å². The van der Waals surface area contributed by atoms with Crippen molar-refractivity contribution in [3.8, 4) is 27.2 Å². The van der Waals surface area contributed by atoms with Gasteiger partial charge in [0.15, 0.2) is 5.69 Å². The zero-order chi connectivity index (χ0) is 12.5. The van der Waals surface area contributed by atoms with Gasteiger partial charge in [0.1, 0.15) is 11.8 Å². The molecule has 0 fully saturated rings. The van der Waals surface area contributed by atoms with Gasteiger partial charge in [-0.3, -0.25) is 0 Å². The number of rotatable bonds is 2. The predicted molar refractivity (Wildman–Crippen MR) is 68.8 cm³/mol. The molecule has 5 nitrogen and oxygen atoms in total. The lowest BCUT2D eigenvalue weighted by atomic mass is 10.3. The molecule has 0 aliphatic heterocycles. The van der Waals surface area contributed by atoms with E-state index in [1.807, 2.05) is 37.5 Å². The van der Waals surface area contributed by atoms with Gasteiger partial charge in [-0.15, -0.1) is 16.4 Å². The number of aromatic amines is 1. The Morgan fingerprint density at radius 2 is 2.11 bits per heavy atom. The van der Waals surface area contributed by atoms with Crippen LogP contribution < -0.4 is 0 Å². The maximum atomic E-state index is 8.93. The van der Waals surface area contributed by atoms with Crippen LogP contribution in [-0.2, 0) is 7.05 Å². The molecule has 3 aromatic rings. The largest absolute Gasteiger partial charge is 0.350 e. The zero-order valence-electron chi connectivity index (χ0n) is 9.58. The van der Waals surface area contributed by atoms with Gasteiger partial charge >= 0.3 is 0 Å². The number of aryl methyl sites for hydroxylation is 1. The molecule has 6 heteroatoms. The maximum Gasteiger partial charge on any atom is 0.191 e. The third-order valence-electron chi connectivity index (χ3n) is 2.69. The Morgan fingerprint density at radius 3 is 2.83 bits per heavy atom. The van der Waals surface area contributed by atoms with Crippen molar-refractivity contribution >= 4 is 11.3 Å². The Balaban J connectivity index is 2.06. The molecule has 0 aliphatic carbocycles. The molecular formula is C12H9N5S. The number of nitriles is 1. The number of nitrogens with zero attached hydrogens (tertiary/aromatic N) is 4. The summed E-state index contributed by atoms with van der Waals surface area (Å²) >= 11 is 1.60. The van der Waals surface area contributed by atoms with Gasteiger partial charge in [-0.2, -0.15) is 15.6 Å². The van der Waals surface area contributed by atoms with Gasteiger partial charge in [-0.25, -0.2) is 0 Å². The molecule has 1 N–H and O–H groups in total. The highest BCUT2D eigenvalue weighted by Crippen LogP contribution is 2.34. The third kappa shape index (κ3) is 1.61. The lowest BCUT2D eigenvalue weighted by Gasteiger charge is -1.98. The highest BCUT2D eigenvalue weighted by molar-refractivity contribution is 7.18. The topological polar surface area (TPSA) is 70.3 Å². The Hall–Kier alpha value is -2.39. The molecule has 0 aliphatic rings. The molecule has 0 unspecified atom stereocenters. The average Bonchev–Trinajstić information content (AvgIpc) is 3.06. The molecule has 0 aromatic carbocycles. The summed E-state index contributed by atoms with van der Waals surface area (Å²) in [6.07, 6.45) is 2.01. The first-order valence-electron chi connectivity index (χ1n) is 5.32. The summed E-state index contributed by atoms with van der Waals surface area (Å²) in [5, 5.41) is 19.2. The molecular weight excluding hydrogens is 246 g/mol. The number of H-pyrrole nitrogens is 1. The summed E-state index contributed by atoms with van der Waals surface area (Å²) in [5.41, 5.74) is 2.09. The molecule has 0 bridgehead atoms. The number of thiophene rings is 1. The van der Waals surface area contributed by atoms with Crippen LogP contribution in [0.15, 0.2) is 30.5 Å². The van der Waals surface area contributed by atoms with Crippen molar-refractivity contribution in [3.63, 3.8) is 0 Å². The number of hydrogen-bond acceptors (Lipinski definition) is 4. The summed E-state index contributed by atoms with van der Waals surface area (Å²) in [4.78, 5) is 2.08. The Bertz CT molecular complexity index is 728. The first kappa shape index (κ1) is 10.7. The SMILES string of the molecule is Cn1cccc1-c1ccc(-c2n[nH]nc2C#N)s1. The second-order valence-electron chi connectivity index (χ2n) is 3.80. The lowest BCUT2D eigenvalue weighted by molar-refractivity contribution is 0.937. The molecule has 3 heterocycles. The normalized spacial score (nSPS) is 10.4. The molecule has 0 amide bonds. The van der Waals surface area contributed by atoms with Gasteiger partial charge in [0.25, 0.3) is 0 Å². The van der Waals surface area contributed by atoms with E-state index in [0.717, 1.165) is 15.4 Å². The quantitative estimate of drug-likeness (QED) is 0.764. The third-order valence-corrected chi connectivity index (χ3v) is 3.80. The second kappa shape index (κ2) is 4.13. The van der Waals surface area contributed by atoms with Gasteiger partial charge in [0.05, 0.1) is 15.4 Å². The molecule has 0 atom stereocenters. The molecule has 3 aromatic heterocycles. The van der Waals surface area contributed by atoms with Crippen molar-refractivity contribution in [2.75, 3.05) is 0 Å². The van der Waals surface area contributed by atoms with Crippen LogP contribution in [0.25, 0.3) is 21.1 Å².